The fourth-order valence-corrected chi connectivity index (χ4v) is 2.95. The number of aliphatic hydroxyl groups excluding tert-OH is 1. The first-order valence-corrected chi connectivity index (χ1v) is 7.44. The standard InChI is InChI=1S/C16H25NO3/c1-4-9-17(10-5-2)15-12-7-6-8-14(19-3)16(12)20-11-13(15)18/h6-8,13,15,18H,4-5,9-11H2,1-3H3. The van der Waals surface area contributed by atoms with Crippen LogP contribution in [0.25, 0.3) is 0 Å². The zero-order valence-corrected chi connectivity index (χ0v) is 12.6. The Kier molecular flexibility index (Phi) is 5.26. The largest absolute Gasteiger partial charge is 0.493 e. The van der Waals surface area contributed by atoms with E-state index in [2.05, 4.69) is 18.7 Å². The molecule has 0 aromatic heterocycles. The van der Waals surface area contributed by atoms with Crippen molar-refractivity contribution in [1.82, 2.24) is 4.90 Å². The van der Waals surface area contributed by atoms with Crippen molar-refractivity contribution in [3.63, 3.8) is 0 Å². The molecular formula is C16H25NO3. The number of benzene rings is 1. The van der Waals surface area contributed by atoms with Crippen molar-refractivity contribution in [2.45, 2.75) is 38.8 Å². The first kappa shape index (κ1) is 15.1. The summed E-state index contributed by atoms with van der Waals surface area (Å²) in [7, 11) is 1.65. The molecule has 20 heavy (non-hydrogen) atoms. The van der Waals surface area contributed by atoms with Gasteiger partial charge in [0.05, 0.1) is 13.2 Å². The molecule has 2 atom stereocenters. The van der Waals surface area contributed by atoms with Crippen LogP contribution in [0.4, 0.5) is 0 Å². The van der Waals surface area contributed by atoms with Crippen LogP contribution in [0, 0.1) is 0 Å². The Balaban J connectivity index is 2.37. The zero-order chi connectivity index (χ0) is 14.5. The summed E-state index contributed by atoms with van der Waals surface area (Å²) >= 11 is 0. The SMILES string of the molecule is CCCN(CCC)C1c2cccc(OC)c2OCC1O. The molecule has 0 radical (unpaired) electrons. The van der Waals surface area contributed by atoms with Crippen molar-refractivity contribution >= 4 is 0 Å². The summed E-state index contributed by atoms with van der Waals surface area (Å²) in [6, 6.07) is 5.89. The van der Waals surface area contributed by atoms with Crippen LogP contribution in [-0.2, 0) is 0 Å². The van der Waals surface area contributed by atoms with Gasteiger partial charge in [0.15, 0.2) is 11.5 Å². The van der Waals surface area contributed by atoms with E-state index in [1.54, 1.807) is 7.11 Å². The maximum absolute atomic E-state index is 10.4. The molecule has 0 saturated heterocycles. The normalized spacial score (nSPS) is 21.4. The van der Waals surface area contributed by atoms with Crippen LogP contribution in [0.2, 0.25) is 0 Å². The molecule has 1 aliphatic rings. The van der Waals surface area contributed by atoms with Gasteiger partial charge in [-0.1, -0.05) is 26.0 Å². The lowest BCUT2D eigenvalue weighted by molar-refractivity contribution is -0.00121. The second kappa shape index (κ2) is 6.95. The quantitative estimate of drug-likeness (QED) is 0.869. The molecule has 0 bridgehead atoms. The number of rotatable bonds is 6. The molecule has 1 heterocycles. The summed E-state index contributed by atoms with van der Waals surface area (Å²) in [4.78, 5) is 2.35. The van der Waals surface area contributed by atoms with Crippen molar-refractivity contribution < 1.29 is 14.6 Å². The molecule has 1 aromatic rings. The van der Waals surface area contributed by atoms with Crippen LogP contribution in [-0.4, -0.2) is 42.9 Å². The molecule has 0 amide bonds. The number of methoxy groups -OCH3 is 1. The van der Waals surface area contributed by atoms with Crippen molar-refractivity contribution in [1.29, 1.82) is 0 Å². The first-order chi connectivity index (χ1) is 9.72. The molecule has 4 heteroatoms. The summed E-state index contributed by atoms with van der Waals surface area (Å²) in [6.07, 6.45) is 1.65. The predicted molar refractivity (Wildman–Crippen MR) is 79.4 cm³/mol. The number of nitrogens with zero attached hydrogens (tertiary/aromatic N) is 1. The van der Waals surface area contributed by atoms with Gasteiger partial charge in [0.1, 0.15) is 12.7 Å². The van der Waals surface area contributed by atoms with Crippen LogP contribution in [0.15, 0.2) is 18.2 Å². The van der Waals surface area contributed by atoms with Gasteiger partial charge in [-0.15, -0.1) is 0 Å². The maximum atomic E-state index is 10.4. The van der Waals surface area contributed by atoms with E-state index in [4.69, 9.17) is 9.47 Å². The van der Waals surface area contributed by atoms with Gasteiger partial charge in [-0.25, -0.2) is 0 Å². The summed E-state index contributed by atoms with van der Waals surface area (Å²) in [5, 5.41) is 10.4. The molecule has 1 N–H and O–H groups in total. The number of fused-ring (bicyclic) bond motifs is 1. The second-order valence-electron chi connectivity index (χ2n) is 5.24. The first-order valence-electron chi connectivity index (χ1n) is 7.44. The van der Waals surface area contributed by atoms with Crippen molar-refractivity contribution in [3.05, 3.63) is 23.8 Å². The fraction of sp³-hybridized carbons (Fsp3) is 0.625. The summed E-state index contributed by atoms with van der Waals surface area (Å²) < 4.78 is 11.1. The van der Waals surface area contributed by atoms with E-state index in [0.717, 1.165) is 43.0 Å². The van der Waals surface area contributed by atoms with Crippen molar-refractivity contribution in [3.8, 4) is 11.5 Å². The lowest BCUT2D eigenvalue weighted by Gasteiger charge is -2.39. The Morgan fingerprint density at radius 1 is 1.30 bits per heavy atom. The second-order valence-corrected chi connectivity index (χ2v) is 5.24. The minimum Gasteiger partial charge on any atom is -0.493 e. The van der Waals surface area contributed by atoms with E-state index in [1.807, 2.05) is 18.2 Å². The van der Waals surface area contributed by atoms with Gasteiger partial charge < -0.3 is 14.6 Å². The van der Waals surface area contributed by atoms with Crippen LogP contribution in [0.3, 0.4) is 0 Å². The Labute approximate surface area is 121 Å². The third-order valence-corrected chi connectivity index (χ3v) is 3.73. The molecule has 112 valence electrons. The molecule has 1 aromatic carbocycles. The molecule has 0 saturated carbocycles. The molecule has 1 aliphatic heterocycles. The Hall–Kier alpha value is -1.26. The van der Waals surface area contributed by atoms with E-state index < -0.39 is 6.10 Å². The summed E-state index contributed by atoms with van der Waals surface area (Å²) in [5.74, 6) is 1.52. The summed E-state index contributed by atoms with van der Waals surface area (Å²) in [5.41, 5.74) is 1.03. The lowest BCUT2D eigenvalue weighted by atomic mass is 9.95. The third kappa shape index (κ3) is 2.91. The summed E-state index contributed by atoms with van der Waals surface area (Å²) in [6.45, 7) is 6.61. The number of ether oxygens (including phenoxy) is 2. The molecule has 0 fully saturated rings. The van der Waals surface area contributed by atoms with Crippen LogP contribution >= 0.6 is 0 Å². The predicted octanol–water partition coefficient (Wildman–Crippen LogP) is 2.61. The molecule has 0 spiro atoms. The molecular weight excluding hydrogens is 254 g/mol. The van der Waals surface area contributed by atoms with Crippen LogP contribution < -0.4 is 9.47 Å². The van der Waals surface area contributed by atoms with Gasteiger partial charge in [-0.2, -0.15) is 0 Å². The minimum atomic E-state index is -0.493. The number of hydrogen-bond donors (Lipinski definition) is 1. The van der Waals surface area contributed by atoms with Gasteiger partial charge in [0.2, 0.25) is 0 Å². The topological polar surface area (TPSA) is 41.9 Å². The van der Waals surface area contributed by atoms with Gasteiger partial charge >= 0.3 is 0 Å². The fourth-order valence-electron chi connectivity index (χ4n) is 2.95. The smallest absolute Gasteiger partial charge is 0.166 e. The van der Waals surface area contributed by atoms with Crippen LogP contribution in [0.5, 0.6) is 11.5 Å². The molecule has 0 aliphatic carbocycles. The number of para-hydroxylation sites is 1. The van der Waals surface area contributed by atoms with E-state index in [0.29, 0.717) is 6.61 Å². The highest BCUT2D eigenvalue weighted by Crippen LogP contribution is 2.41. The van der Waals surface area contributed by atoms with Gasteiger partial charge in [-0.05, 0) is 32.0 Å². The van der Waals surface area contributed by atoms with Crippen molar-refractivity contribution in [2.24, 2.45) is 0 Å². The van der Waals surface area contributed by atoms with E-state index in [9.17, 15) is 5.11 Å². The molecule has 4 nitrogen and oxygen atoms in total. The average Bonchev–Trinajstić information content (AvgIpc) is 2.46. The van der Waals surface area contributed by atoms with Gasteiger partial charge in [0.25, 0.3) is 0 Å². The Morgan fingerprint density at radius 3 is 2.60 bits per heavy atom. The van der Waals surface area contributed by atoms with Crippen LogP contribution in [0.1, 0.15) is 38.3 Å². The van der Waals surface area contributed by atoms with E-state index in [-0.39, 0.29) is 6.04 Å². The van der Waals surface area contributed by atoms with Gasteiger partial charge in [-0.3, -0.25) is 4.90 Å². The van der Waals surface area contributed by atoms with Crippen molar-refractivity contribution in [2.75, 3.05) is 26.8 Å². The zero-order valence-electron chi connectivity index (χ0n) is 12.6. The number of aliphatic hydroxyl groups is 1. The minimum absolute atomic E-state index is 0.00579. The van der Waals surface area contributed by atoms with E-state index >= 15 is 0 Å². The highest BCUT2D eigenvalue weighted by molar-refractivity contribution is 5.49. The monoisotopic (exact) mass is 279 g/mol. The lowest BCUT2D eigenvalue weighted by Crippen LogP contribution is -2.43. The molecule has 2 unspecified atom stereocenters. The third-order valence-electron chi connectivity index (χ3n) is 3.73. The Bertz CT molecular complexity index is 430. The average molecular weight is 279 g/mol. The molecule has 2 rings (SSSR count). The van der Waals surface area contributed by atoms with E-state index in [1.165, 1.54) is 0 Å². The highest BCUT2D eigenvalue weighted by Gasteiger charge is 2.34. The Morgan fingerprint density at radius 2 is 2.00 bits per heavy atom. The highest BCUT2D eigenvalue weighted by atomic mass is 16.5. The van der Waals surface area contributed by atoms with Gasteiger partial charge in [0, 0.05) is 5.56 Å². The number of hydrogen-bond acceptors (Lipinski definition) is 4. The maximum Gasteiger partial charge on any atom is 0.166 e.